The minimum atomic E-state index is -0.934. The lowest BCUT2D eigenvalue weighted by atomic mass is 9.90. The van der Waals surface area contributed by atoms with Crippen molar-refractivity contribution < 1.29 is 15.0 Å². The Morgan fingerprint density at radius 1 is 1.36 bits per heavy atom. The van der Waals surface area contributed by atoms with Crippen LogP contribution in [0.5, 0.6) is 5.75 Å². The van der Waals surface area contributed by atoms with Crippen molar-refractivity contribution in [2.24, 2.45) is 0 Å². The Hall–Kier alpha value is -1.77. The van der Waals surface area contributed by atoms with Crippen molar-refractivity contribution in [1.82, 2.24) is 0 Å². The molecule has 0 aliphatic heterocycles. The fraction of sp³-hybridized carbons (Fsp3) is 0.182. The van der Waals surface area contributed by atoms with E-state index >= 15 is 0 Å². The van der Waals surface area contributed by atoms with Gasteiger partial charge >= 0.3 is 5.97 Å². The fourth-order valence-electron chi connectivity index (χ4n) is 1.76. The molecule has 0 unspecified atom stereocenters. The zero-order valence-electron chi connectivity index (χ0n) is 7.53. The highest BCUT2D eigenvalue weighted by Crippen LogP contribution is 2.32. The summed E-state index contributed by atoms with van der Waals surface area (Å²) in [5.41, 5.74) is 1.68. The SMILES string of the molecule is O=C(O)C1=CCCc2c(O)cccc21. The van der Waals surface area contributed by atoms with Crippen molar-refractivity contribution in [2.75, 3.05) is 0 Å². The molecule has 0 aromatic heterocycles. The number of carboxylic acid groups (broad SMARTS) is 1. The number of phenols is 1. The maximum absolute atomic E-state index is 10.9. The maximum Gasteiger partial charge on any atom is 0.335 e. The normalized spacial score (nSPS) is 14.4. The van der Waals surface area contributed by atoms with Crippen LogP contribution in [0.4, 0.5) is 0 Å². The molecule has 2 N–H and O–H groups in total. The van der Waals surface area contributed by atoms with Gasteiger partial charge in [-0.1, -0.05) is 18.2 Å². The van der Waals surface area contributed by atoms with Crippen LogP contribution in [0.1, 0.15) is 17.5 Å². The third kappa shape index (κ3) is 1.27. The van der Waals surface area contributed by atoms with Crippen molar-refractivity contribution in [3.63, 3.8) is 0 Å². The van der Waals surface area contributed by atoms with Gasteiger partial charge in [-0.3, -0.25) is 0 Å². The maximum atomic E-state index is 10.9. The first-order valence-electron chi connectivity index (χ1n) is 4.45. The Bertz CT molecular complexity index is 419. The molecule has 0 bridgehead atoms. The number of allylic oxidation sites excluding steroid dienone is 1. The summed E-state index contributed by atoms with van der Waals surface area (Å²) >= 11 is 0. The van der Waals surface area contributed by atoms with E-state index in [-0.39, 0.29) is 5.75 Å². The third-order valence-corrected chi connectivity index (χ3v) is 2.41. The van der Waals surface area contributed by atoms with E-state index in [0.717, 1.165) is 5.56 Å². The lowest BCUT2D eigenvalue weighted by Crippen LogP contribution is -2.07. The molecular formula is C11H10O3. The minimum Gasteiger partial charge on any atom is -0.508 e. The van der Waals surface area contributed by atoms with Crippen LogP contribution >= 0.6 is 0 Å². The van der Waals surface area contributed by atoms with Crippen molar-refractivity contribution in [2.45, 2.75) is 12.8 Å². The van der Waals surface area contributed by atoms with E-state index in [0.29, 0.717) is 24.0 Å². The molecule has 1 aromatic carbocycles. The van der Waals surface area contributed by atoms with Crippen LogP contribution in [0.15, 0.2) is 24.3 Å². The van der Waals surface area contributed by atoms with Gasteiger partial charge in [-0.2, -0.15) is 0 Å². The summed E-state index contributed by atoms with van der Waals surface area (Å²) in [7, 11) is 0. The molecule has 2 rings (SSSR count). The van der Waals surface area contributed by atoms with Crippen LogP contribution in [-0.2, 0) is 11.2 Å². The van der Waals surface area contributed by atoms with Crippen molar-refractivity contribution in [3.05, 3.63) is 35.4 Å². The zero-order chi connectivity index (χ0) is 10.1. The van der Waals surface area contributed by atoms with E-state index in [1.807, 2.05) is 0 Å². The molecule has 0 amide bonds. The Labute approximate surface area is 81.3 Å². The first-order chi connectivity index (χ1) is 6.70. The van der Waals surface area contributed by atoms with Gasteiger partial charge in [0.05, 0.1) is 5.57 Å². The largest absolute Gasteiger partial charge is 0.508 e. The smallest absolute Gasteiger partial charge is 0.335 e. The molecule has 0 saturated heterocycles. The number of carboxylic acids is 1. The van der Waals surface area contributed by atoms with Crippen LogP contribution in [0, 0.1) is 0 Å². The van der Waals surface area contributed by atoms with E-state index in [9.17, 15) is 9.90 Å². The minimum absolute atomic E-state index is 0.189. The number of carbonyl (C=O) groups is 1. The van der Waals surface area contributed by atoms with E-state index in [4.69, 9.17) is 5.11 Å². The monoisotopic (exact) mass is 190 g/mol. The van der Waals surface area contributed by atoms with Crippen LogP contribution in [-0.4, -0.2) is 16.2 Å². The Morgan fingerprint density at radius 2 is 2.14 bits per heavy atom. The Morgan fingerprint density at radius 3 is 2.86 bits per heavy atom. The van der Waals surface area contributed by atoms with Crippen LogP contribution in [0.2, 0.25) is 0 Å². The summed E-state index contributed by atoms with van der Waals surface area (Å²) < 4.78 is 0. The van der Waals surface area contributed by atoms with E-state index < -0.39 is 5.97 Å². The van der Waals surface area contributed by atoms with Gasteiger partial charge in [-0.15, -0.1) is 0 Å². The molecule has 14 heavy (non-hydrogen) atoms. The second kappa shape index (κ2) is 3.18. The molecule has 0 atom stereocenters. The molecular weight excluding hydrogens is 180 g/mol. The molecule has 3 nitrogen and oxygen atoms in total. The third-order valence-electron chi connectivity index (χ3n) is 2.41. The summed E-state index contributed by atoms with van der Waals surface area (Å²) in [6.45, 7) is 0. The fourth-order valence-corrected chi connectivity index (χ4v) is 1.76. The van der Waals surface area contributed by atoms with E-state index in [2.05, 4.69) is 0 Å². The topological polar surface area (TPSA) is 57.5 Å². The quantitative estimate of drug-likeness (QED) is 0.710. The first-order valence-corrected chi connectivity index (χ1v) is 4.45. The molecule has 1 aliphatic carbocycles. The van der Waals surface area contributed by atoms with Crippen LogP contribution in [0.25, 0.3) is 5.57 Å². The molecule has 3 heteroatoms. The second-order valence-corrected chi connectivity index (χ2v) is 3.26. The van der Waals surface area contributed by atoms with Gasteiger partial charge in [0.15, 0.2) is 0 Å². The van der Waals surface area contributed by atoms with Gasteiger partial charge in [0.25, 0.3) is 0 Å². The summed E-state index contributed by atoms with van der Waals surface area (Å²) in [6.07, 6.45) is 3.08. The van der Waals surface area contributed by atoms with E-state index in [1.165, 1.54) is 0 Å². The highest BCUT2D eigenvalue weighted by atomic mass is 16.4. The lowest BCUT2D eigenvalue weighted by Gasteiger charge is -2.15. The number of fused-ring (bicyclic) bond motifs is 1. The standard InChI is InChI=1S/C11H10O3/c12-10-6-2-3-7-8(10)4-1-5-9(7)11(13)14/h2-3,5-6,12H,1,4H2,(H,13,14). The Balaban J connectivity index is 2.59. The van der Waals surface area contributed by atoms with Crippen molar-refractivity contribution in [3.8, 4) is 5.75 Å². The van der Waals surface area contributed by atoms with Crippen LogP contribution < -0.4 is 0 Å². The van der Waals surface area contributed by atoms with Gasteiger partial charge in [0, 0.05) is 5.56 Å². The lowest BCUT2D eigenvalue weighted by molar-refractivity contribution is -0.130. The van der Waals surface area contributed by atoms with Gasteiger partial charge in [-0.25, -0.2) is 4.79 Å². The number of phenolic OH excluding ortho intramolecular Hbond substituents is 1. The number of aliphatic carboxylic acids is 1. The number of rotatable bonds is 1. The summed E-state index contributed by atoms with van der Waals surface area (Å²) in [5.74, 6) is -0.745. The highest BCUT2D eigenvalue weighted by Gasteiger charge is 2.19. The highest BCUT2D eigenvalue weighted by molar-refractivity contribution is 6.16. The summed E-state index contributed by atoms with van der Waals surface area (Å²) in [5, 5.41) is 18.5. The van der Waals surface area contributed by atoms with E-state index in [1.54, 1.807) is 24.3 Å². The molecule has 0 saturated carbocycles. The molecule has 0 spiro atoms. The molecule has 0 fully saturated rings. The van der Waals surface area contributed by atoms with Gasteiger partial charge in [-0.05, 0) is 24.5 Å². The van der Waals surface area contributed by atoms with Crippen LogP contribution in [0.3, 0.4) is 0 Å². The average molecular weight is 190 g/mol. The average Bonchev–Trinajstić information content (AvgIpc) is 2.17. The van der Waals surface area contributed by atoms with Crippen molar-refractivity contribution >= 4 is 11.5 Å². The summed E-state index contributed by atoms with van der Waals surface area (Å²) in [6, 6.07) is 4.98. The van der Waals surface area contributed by atoms with Gasteiger partial charge < -0.3 is 10.2 Å². The molecule has 1 aromatic rings. The zero-order valence-corrected chi connectivity index (χ0v) is 7.53. The number of aromatic hydroxyl groups is 1. The summed E-state index contributed by atoms with van der Waals surface area (Å²) in [4.78, 5) is 10.9. The second-order valence-electron chi connectivity index (χ2n) is 3.26. The Kier molecular flexibility index (Phi) is 2.00. The predicted molar refractivity (Wildman–Crippen MR) is 52.0 cm³/mol. The molecule has 0 heterocycles. The van der Waals surface area contributed by atoms with Gasteiger partial charge in [0.1, 0.15) is 5.75 Å². The molecule has 1 aliphatic rings. The molecule has 72 valence electrons. The first kappa shape index (κ1) is 8.81. The van der Waals surface area contributed by atoms with Gasteiger partial charge in [0.2, 0.25) is 0 Å². The number of hydrogen-bond acceptors (Lipinski definition) is 2. The number of benzene rings is 1. The van der Waals surface area contributed by atoms with Crippen molar-refractivity contribution in [1.29, 1.82) is 0 Å². The predicted octanol–water partition coefficient (Wildman–Crippen LogP) is 1.81. The molecule has 0 radical (unpaired) electrons. The number of hydrogen-bond donors (Lipinski definition) is 2.